The van der Waals surface area contributed by atoms with Crippen LogP contribution >= 0.6 is 8.03 Å². The smallest absolute Gasteiger partial charge is 0.225 e. The van der Waals surface area contributed by atoms with Crippen molar-refractivity contribution in [2.45, 2.75) is 0 Å². The first-order valence-electron chi connectivity index (χ1n) is 3.18. The highest BCUT2D eigenvalue weighted by molar-refractivity contribution is 7.37. The predicted molar refractivity (Wildman–Crippen MR) is 43.2 cm³/mol. The van der Waals surface area contributed by atoms with Crippen LogP contribution < -0.4 is 4.74 Å². The third-order valence-corrected chi connectivity index (χ3v) is 1.50. The Morgan fingerprint density at radius 3 is 2.55 bits per heavy atom. The number of hydrogen-bond donors (Lipinski definition) is 1. The molecule has 1 atom stereocenters. The predicted octanol–water partition coefficient (Wildman–Crippen LogP) is 1.49. The van der Waals surface area contributed by atoms with Crippen LogP contribution in [0.3, 0.4) is 0 Å². The summed E-state index contributed by atoms with van der Waals surface area (Å²) in [7, 11) is -2.50. The summed E-state index contributed by atoms with van der Waals surface area (Å²) in [4.78, 5) is 8.43. The molecular formula is C7H9O3P. The molecule has 1 aromatic rings. The van der Waals surface area contributed by atoms with Gasteiger partial charge < -0.3 is 9.63 Å². The molecule has 60 valence electrons. The molecule has 11 heavy (non-hydrogen) atoms. The summed E-state index contributed by atoms with van der Waals surface area (Å²) in [5.74, 6) is 0.625. The molecule has 0 heterocycles. The molecule has 1 aromatic carbocycles. The van der Waals surface area contributed by atoms with Gasteiger partial charge in [0, 0.05) is 0 Å². The highest BCUT2D eigenvalue weighted by atomic mass is 31.1. The first-order valence-corrected chi connectivity index (χ1v) is 4.75. The Hall–Kier alpha value is -0.790. The molecule has 4 heteroatoms. The van der Waals surface area contributed by atoms with E-state index in [9.17, 15) is 4.57 Å². The summed E-state index contributed by atoms with van der Waals surface area (Å²) in [5.41, 5.74) is 0. The van der Waals surface area contributed by atoms with E-state index in [1.807, 2.05) is 18.2 Å². The van der Waals surface area contributed by atoms with Crippen molar-refractivity contribution in [3.63, 3.8) is 0 Å². The van der Waals surface area contributed by atoms with E-state index in [1.54, 1.807) is 12.1 Å². The first-order chi connectivity index (χ1) is 5.29. The Kier molecular flexibility index (Phi) is 3.14. The fourth-order valence-electron chi connectivity index (χ4n) is 0.662. The van der Waals surface area contributed by atoms with E-state index >= 15 is 0 Å². The summed E-state index contributed by atoms with van der Waals surface area (Å²) in [5, 5.41) is 0. The number of benzene rings is 1. The quantitative estimate of drug-likeness (QED) is 0.702. The van der Waals surface area contributed by atoms with Gasteiger partial charge in [-0.3, -0.25) is 4.57 Å². The summed E-state index contributed by atoms with van der Waals surface area (Å²) in [6.45, 7) is 0. The lowest BCUT2D eigenvalue weighted by molar-refractivity contribution is 0.360. The molecule has 1 unspecified atom stereocenters. The molecule has 0 saturated carbocycles. The molecule has 0 aliphatic carbocycles. The van der Waals surface area contributed by atoms with Gasteiger partial charge in [-0.2, -0.15) is 0 Å². The van der Waals surface area contributed by atoms with E-state index in [2.05, 4.69) is 0 Å². The monoisotopic (exact) mass is 172 g/mol. The van der Waals surface area contributed by atoms with Crippen LogP contribution in [0, 0.1) is 0 Å². The molecular weight excluding hydrogens is 163 g/mol. The minimum absolute atomic E-state index is 0.103. The van der Waals surface area contributed by atoms with Crippen LogP contribution in [0.1, 0.15) is 0 Å². The number of hydrogen-bond acceptors (Lipinski definition) is 2. The molecule has 0 bridgehead atoms. The van der Waals surface area contributed by atoms with Crippen LogP contribution in [-0.4, -0.2) is 11.2 Å². The highest BCUT2D eigenvalue weighted by Gasteiger charge is 1.93. The number of rotatable bonds is 3. The average Bonchev–Trinajstić information content (AvgIpc) is 2.03. The van der Waals surface area contributed by atoms with E-state index in [-0.39, 0.29) is 6.35 Å². The van der Waals surface area contributed by atoms with Gasteiger partial charge in [-0.1, -0.05) is 18.2 Å². The van der Waals surface area contributed by atoms with Crippen LogP contribution in [0.25, 0.3) is 0 Å². The fraction of sp³-hybridized carbons (Fsp3) is 0.143. The third kappa shape index (κ3) is 3.21. The van der Waals surface area contributed by atoms with Gasteiger partial charge in [0.25, 0.3) is 0 Å². The molecule has 0 saturated heterocycles. The molecule has 0 radical (unpaired) electrons. The summed E-state index contributed by atoms with van der Waals surface area (Å²) in [6, 6.07) is 8.96. The largest absolute Gasteiger partial charge is 0.484 e. The maximum Gasteiger partial charge on any atom is 0.225 e. The zero-order valence-electron chi connectivity index (χ0n) is 5.86. The van der Waals surface area contributed by atoms with Crippen molar-refractivity contribution >= 4 is 8.03 Å². The molecule has 1 N–H and O–H groups in total. The maximum absolute atomic E-state index is 10.2. The van der Waals surface area contributed by atoms with Crippen molar-refractivity contribution in [3.8, 4) is 5.75 Å². The Morgan fingerprint density at radius 1 is 1.36 bits per heavy atom. The first kappa shape index (κ1) is 8.31. The highest BCUT2D eigenvalue weighted by Crippen LogP contribution is 2.16. The van der Waals surface area contributed by atoms with Crippen molar-refractivity contribution in [2.24, 2.45) is 0 Å². The van der Waals surface area contributed by atoms with E-state index in [4.69, 9.17) is 9.63 Å². The number of para-hydroxylation sites is 1. The number of ether oxygens (including phenoxy) is 1. The molecule has 0 fully saturated rings. The Morgan fingerprint density at radius 2 is 2.00 bits per heavy atom. The van der Waals surface area contributed by atoms with Crippen LogP contribution in [0.2, 0.25) is 0 Å². The Balaban J connectivity index is 2.45. The lowest BCUT2D eigenvalue weighted by Crippen LogP contribution is -1.90. The maximum atomic E-state index is 10.2. The Labute approximate surface area is 65.5 Å². The average molecular weight is 172 g/mol. The van der Waals surface area contributed by atoms with Gasteiger partial charge in [-0.05, 0) is 12.1 Å². The zero-order chi connectivity index (χ0) is 8.10. The van der Waals surface area contributed by atoms with Crippen LogP contribution in [0.4, 0.5) is 0 Å². The topological polar surface area (TPSA) is 46.5 Å². The minimum Gasteiger partial charge on any atom is -0.484 e. The standard InChI is InChI=1S/C7H9O3P/c8-11(9)6-10-7-4-2-1-3-5-7/h1-5,11H,6H2,(H,8,9). The van der Waals surface area contributed by atoms with Crippen LogP contribution in [0.15, 0.2) is 30.3 Å². The fourth-order valence-corrected chi connectivity index (χ4v) is 0.952. The van der Waals surface area contributed by atoms with Crippen LogP contribution in [0.5, 0.6) is 5.75 Å². The molecule has 3 nitrogen and oxygen atoms in total. The second-order valence-electron chi connectivity index (χ2n) is 2.00. The summed E-state index contributed by atoms with van der Waals surface area (Å²) in [6.07, 6.45) is -0.103. The lowest BCUT2D eigenvalue weighted by Gasteiger charge is -2.01. The van der Waals surface area contributed by atoms with Gasteiger partial charge in [-0.15, -0.1) is 0 Å². The molecule has 0 aliphatic rings. The second kappa shape index (κ2) is 4.16. The van der Waals surface area contributed by atoms with Gasteiger partial charge >= 0.3 is 0 Å². The lowest BCUT2D eigenvalue weighted by atomic mass is 10.3. The minimum atomic E-state index is -2.50. The summed E-state index contributed by atoms with van der Waals surface area (Å²) >= 11 is 0. The van der Waals surface area contributed by atoms with Gasteiger partial charge in [0.2, 0.25) is 8.03 Å². The Bertz CT molecular complexity index is 235. The normalized spacial score (nSPS) is 12.5. The van der Waals surface area contributed by atoms with E-state index in [0.717, 1.165) is 0 Å². The van der Waals surface area contributed by atoms with Crippen molar-refractivity contribution in [2.75, 3.05) is 6.35 Å². The van der Waals surface area contributed by atoms with Crippen molar-refractivity contribution in [1.82, 2.24) is 0 Å². The van der Waals surface area contributed by atoms with Gasteiger partial charge in [-0.25, -0.2) is 0 Å². The van der Waals surface area contributed by atoms with E-state index < -0.39 is 8.03 Å². The van der Waals surface area contributed by atoms with Gasteiger partial charge in [0.15, 0.2) is 6.35 Å². The molecule has 0 amide bonds. The molecule has 0 aliphatic heterocycles. The SMILES string of the molecule is O=[PH](O)COc1ccccc1. The van der Waals surface area contributed by atoms with Crippen molar-refractivity contribution in [3.05, 3.63) is 30.3 Å². The second-order valence-corrected chi connectivity index (χ2v) is 3.07. The summed E-state index contributed by atoms with van der Waals surface area (Å²) < 4.78 is 15.2. The van der Waals surface area contributed by atoms with Crippen molar-refractivity contribution < 1.29 is 14.2 Å². The van der Waals surface area contributed by atoms with Crippen LogP contribution in [-0.2, 0) is 4.57 Å². The molecule has 0 aromatic heterocycles. The van der Waals surface area contributed by atoms with E-state index in [0.29, 0.717) is 5.75 Å². The van der Waals surface area contributed by atoms with Crippen molar-refractivity contribution in [1.29, 1.82) is 0 Å². The van der Waals surface area contributed by atoms with Gasteiger partial charge in [0.05, 0.1) is 0 Å². The van der Waals surface area contributed by atoms with E-state index in [1.165, 1.54) is 0 Å². The molecule has 0 spiro atoms. The zero-order valence-corrected chi connectivity index (χ0v) is 6.86. The third-order valence-electron chi connectivity index (χ3n) is 1.11. The van der Waals surface area contributed by atoms with Gasteiger partial charge in [0.1, 0.15) is 5.75 Å². The molecule has 1 rings (SSSR count).